The van der Waals surface area contributed by atoms with Crippen molar-refractivity contribution in [2.75, 3.05) is 6.61 Å². The van der Waals surface area contributed by atoms with Gasteiger partial charge in [0, 0.05) is 5.41 Å². The van der Waals surface area contributed by atoms with Crippen LogP contribution in [0.1, 0.15) is 54.4 Å². The molecule has 5 heteroatoms. The highest BCUT2D eigenvalue weighted by Gasteiger charge is 2.56. The molecule has 1 saturated heterocycles. The van der Waals surface area contributed by atoms with Gasteiger partial charge in [-0.2, -0.15) is 13.2 Å². The molecule has 0 amide bonds. The van der Waals surface area contributed by atoms with Gasteiger partial charge >= 0.3 is 6.18 Å². The summed E-state index contributed by atoms with van der Waals surface area (Å²) in [5, 5.41) is 0. The third-order valence-electron chi connectivity index (χ3n) is 4.16. The standard InChI is InChI=1S/C15H27F3O2/c1-7-10(2)14(6,8-13(3,4)5)11-12(20-11)19-9-15(16,17)18/h10-12H,7-9H2,1-6H3. The van der Waals surface area contributed by atoms with Crippen molar-refractivity contribution in [1.29, 1.82) is 0 Å². The zero-order chi connectivity index (χ0) is 15.8. The average Bonchev–Trinajstić information content (AvgIpc) is 3.01. The monoisotopic (exact) mass is 296 g/mol. The van der Waals surface area contributed by atoms with E-state index in [1.807, 2.05) is 0 Å². The Morgan fingerprint density at radius 2 is 1.70 bits per heavy atom. The van der Waals surface area contributed by atoms with E-state index in [0.29, 0.717) is 5.92 Å². The average molecular weight is 296 g/mol. The molecule has 1 aliphatic heterocycles. The molecule has 0 aromatic heterocycles. The van der Waals surface area contributed by atoms with Gasteiger partial charge in [-0.3, -0.25) is 0 Å². The molecule has 0 saturated carbocycles. The number of rotatable bonds is 6. The molecule has 1 aliphatic rings. The van der Waals surface area contributed by atoms with Crippen molar-refractivity contribution < 1.29 is 22.6 Å². The lowest BCUT2D eigenvalue weighted by Crippen LogP contribution is -2.37. The molecule has 1 fully saturated rings. The second kappa shape index (κ2) is 5.84. The van der Waals surface area contributed by atoms with E-state index in [-0.39, 0.29) is 16.9 Å². The van der Waals surface area contributed by atoms with Gasteiger partial charge in [-0.25, -0.2) is 0 Å². The molecule has 0 aliphatic carbocycles. The molecule has 0 spiro atoms. The van der Waals surface area contributed by atoms with Crippen molar-refractivity contribution in [3.63, 3.8) is 0 Å². The van der Waals surface area contributed by atoms with Crippen LogP contribution in [0.4, 0.5) is 13.2 Å². The van der Waals surface area contributed by atoms with Crippen molar-refractivity contribution in [2.45, 2.75) is 73.0 Å². The fourth-order valence-corrected chi connectivity index (χ4v) is 3.03. The van der Waals surface area contributed by atoms with Gasteiger partial charge < -0.3 is 9.47 Å². The van der Waals surface area contributed by atoms with Crippen LogP contribution in [0.15, 0.2) is 0 Å². The molecule has 1 heterocycles. The van der Waals surface area contributed by atoms with Crippen molar-refractivity contribution in [3.05, 3.63) is 0 Å². The summed E-state index contributed by atoms with van der Waals surface area (Å²) in [5.74, 6) is 0.367. The molecule has 120 valence electrons. The highest BCUT2D eigenvalue weighted by atomic mass is 19.4. The molecule has 1 rings (SSSR count). The zero-order valence-corrected chi connectivity index (χ0v) is 13.3. The van der Waals surface area contributed by atoms with Gasteiger partial charge in [-0.15, -0.1) is 0 Å². The van der Waals surface area contributed by atoms with E-state index in [9.17, 15) is 13.2 Å². The molecular weight excluding hydrogens is 269 g/mol. The molecule has 0 aromatic carbocycles. The second-order valence-corrected chi connectivity index (χ2v) is 7.40. The number of halogens is 3. The van der Waals surface area contributed by atoms with Crippen LogP contribution in [0.5, 0.6) is 0 Å². The summed E-state index contributed by atoms with van der Waals surface area (Å²) >= 11 is 0. The second-order valence-electron chi connectivity index (χ2n) is 7.40. The van der Waals surface area contributed by atoms with Crippen LogP contribution < -0.4 is 0 Å². The molecule has 4 unspecified atom stereocenters. The molecule has 4 atom stereocenters. The van der Waals surface area contributed by atoms with Crippen LogP contribution in [-0.2, 0) is 9.47 Å². The number of hydrogen-bond acceptors (Lipinski definition) is 2. The molecule has 0 bridgehead atoms. The third-order valence-corrected chi connectivity index (χ3v) is 4.16. The number of hydrogen-bond donors (Lipinski definition) is 0. The molecule has 2 nitrogen and oxygen atoms in total. The summed E-state index contributed by atoms with van der Waals surface area (Å²) in [6, 6.07) is 0. The predicted octanol–water partition coefficient (Wildman–Crippen LogP) is 4.78. The summed E-state index contributed by atoms with van der Waals surface area (Å²) in [6.45, 7) is 11.5. The normalized spacial score (nSPS) is 28.1. The Labute approximate surface area is 120 Å². The van der Waals surface area contributed by atoms with Gasteiger partial charge in [0.15, 0.2) is 6.29 Å². The van der Waals surface area contributed by atoms with Gasteiger partial charge in [-0.05, 0) is 17.8 Å². The Morgan fingerprint density at radius 1 is 1.15 bits per heavy atom. The minimum Gasteiger partial charge on any atom is -0.341 e. The maximum Gasteiger partial charge on any atom is 0.411 e. The van der Waals surface area contributed by atoms with E-state index < -0.39 is 19.1 Å². The smallest absolute Gasteiger partial charge is 0.341 e. The molecule has 0 radical (unpaired) electrons. The first-order valence-electron chi connectivity index (χ1n) is 7.23. The molecular formula is C15H27F3O2. The lowest BCUT2D eigenvalue weighted by Gasteiger charge is -2.39. The third kappa shape index (κ3) is 4.92. The summed E-state index contributed by atoms with van der Waals surface area (Å²) in [4.78, 5) is 0. The van der Waals surface area contributed by atoms with Gasteiger partial charge in [0.05, 0.1) is 0 Å². The van der Waals surface area contributed by atoms with Crippen molar-refractivity contribution in [1.82, 2.24) is 0 Å². The number of alkyl halides is 3. The van der Waals surface area contributed by atoms with Gasteiger partial charge in [0.25, 0.3) is 0 Å². The van der Waals surface area contributed by atoms with E-state index in [1.165, 1.54) is 0 Å². The molecule has 20 heavy (non-hydrogen) atoms. The van der Waals surface area contributed by atoms with Gasteiger partial charge in [0.2, 0.25) is 0 Å². The topological polar surface area (TPSA) is 21.8 Å². The van der Waals surface area contributed by atoms with Crippen LogP contribution in [0, 0.1) is 16.7 Å². The maximum absolute atomic E-state index is 12.2. The SMILES string of the molecule is CCC(C)C(C)(CC(C)(C)C)C1OC1OCC(F)(F)F. The quantitative estimate of drug-likeness (QED) is 0.658. The predicted molar refractivity (Wildman–Crippen MR) is 72.3 cm³/mol. The number of ether oxygens (including phenoxy) is 2. The van der Waals surface area contributed by atoms with Crippen LogP contribution in [0.2, 0.25) is 0 Å². The Bertz CT molecular complexity index is 322. The summed E-state index contributed by atoms with van der Waals surface area (Å²) in [6.07, 6.45) is -3.38. The van der Waals surface area contributed by atoms with Crippen LogP contribution in [0.3, 0.4) is 0 Å². The number of epoxide rings is 1. The van der Waals surface area contributed by atoms with E-state index in [1.54, 1.807) is 0 Å². The minimum atomic E-state index is -4.30. The zero-order valence-electron chi connectivity index (χ0n) is 13.3. The van der Waals surface area contributed by atoms with Gasteiger partial charge in [0.1, 0.15) is 12.7 Å². The van der Waals surface area contributed by atoms with Crippen LogP contribution in [0.25, 0.3) is 0 Å². The largest absolute Gasteiger partial charge is 0.411 e. The Kier molecular flexibility index (Phi) is 5.18. The Hall–Kier alpha value is -0.290. The summed E-state index contributed by atoms with van der Waals surface area (Å²) in [5.41, 5.74) is -0.0675. The molecule has 0 N–H and O–H groups in total. The van der Waals surface area contributed by atoms with E-state index in [2.05, 4.69) is 41.5 Å². The lowest BCUT2D eigenvalue weighted by molar-refractivity contribution is -0.184. The summed E-state index contributed by atoms with van der Waals surface area (Å²) in [7, 11) is 0. The van der Waals surface area contributed by atoms with Crippen molar-refractivity contribution in [3.8, 4) is 0 Å². The Balaban J connectivity index is 2.68. The van der Waals surface area contributed by atoms with E-state index in [0.717, 1.165) is 12.8 Å². The highest BCUT2D eigenvalue weighted by Crippen LogP contribution is 2.51. The van der Waals surface area contributed by atoms with Gasteiger partial charge in [-0.1, -0.05) is 48.0 Å². The summed E-state index contributed by atoms with van der Waals surface area (Å²) < 4.78 is 46.8. The van der Waals surface area contributed by atoms with E-state index in [4.69, 9.17) is 9.47 Å². The maximum atomic E-state index is 12.2. The fourth-order valence-electron chi connectivity index (χ4n) is 3.03. The minimum absolute atomic E-state index is 0.0959. The van der Waals surface area contributed by atoms with Crippen molar-refractivity contribution in [2.24, 2.45) is 16.7 Å². The first-order valence-corrected chi connectivity index (χ1v) is 7.23. The Morgan fingerprint density at radius 3 is 2.10 bits per heavy atom. The lowest BCUT2D eigenvalue weighted by atomic mass is 9.65. The first kappa shape index (κ1) is 17.8. The first-order chi connectivity index (χ1) is 8.89. The van der Waals surface area contributed by atoms with E-state index >= 15 is 0 Å². The van der Waals surface area contributed by atoms with Crippen molar-refractivity contribution >= 4 is 0 Å². The fraction of sp³-hybridized carbons (Fsp3) is 1.00. The highest BCUT2D eigenvalue weighted by molar-refractivity contribution is 4.98. The molecule has 0 aromatic rings. The van der Waals surface area contributed by atoms with Crippen LogP contribution in [-0.4, -0.2) is 25.2 Å². The van der Waals surface area contributed by atoms with Crippen LogP contribution >= 0.6 is 0 Å².